The molecular weight excluding hydrogens is 277 g/mol. The van der Waals surface area contributed by atoms with Crippen LogP contribution in [0.5, 0.6) is 0 Å². The van der Waals surface area contributed by atoms with E-state index in [4.69, 9.17) is 17.3 Å². The van der Waals surface area contributed by atoms with Crippen molar-refractivity contribution in [3.05, 3.63) is 46.5 Å². The molecule has 2 N–H and O–H groups in total. The number of nitrogens with two attached hydrogens (primary N) is 1. The molecule has 2 aromatic rings. The smallest absolute Gasteiger partial charge is 0.160 e. The molecule has 1 unspecified atom stereocenters. The summed E-state index contributed by atoms with van der Waals surface area (Å²) in [4.78, 5) is 8.95. The van der Waals surface area contributed by atoms with E-state index in [1.807, 2.05) is 6.20 Å². The Morgan fingerprint density at radius 3 is 3.00 bits per heavy atom. The van der Waals surface area contributed by atoms with Gasteiger partial charge in [-0.2, -0.15) is 0 Å². The Balaban J connectivity index is 1.97. The van der Waals surface area contributed by atoms with Gasteiger partial charge >= 0.3 is 0 Å². The van der Waals surface area contributed by atoms with Crippen molar-refractivity contribution < 1.29 is 4.39 Å². The van der Waals surface area contributed by atoms with E-state index in [2.05, 4.69) is 9.97 Å². The van der Waals surface area contributed by atoms with E-state index in [-0.39, 0.29) is 5.82 Å². The van der Waals surface area contributed by atoms with E-state index in [0.717, 1.165) is 30.5 Å². The number of benzene rings is 1. The SMILES string of the molecule is NCC1CCc2nc(-c3ccc(F)cc3Cl)ncc2C1. The summed E-state index contributed by atoms with van der Waals surface area (Å²) in [5.41, 5.74) is 8.60. The lowest BCUT2D eigenvalue weighted by Crippen LogP contribution is -2.23. The van der Waals surface area contributed by atoms with E-state index >= 15 is 0 Å². The molecule has 0 spiro atoms. The molecule has 0 fully saturated rings. The summed E-state index contributed by atoms with van der Waals surface area (Å²) >= 11 is 6.06. The van der Waals surface area contributed by atoms with Crippen LogP contribution in [0.2, 0.25) is 5.02 Å². The van der Waals surface area contributed by atoms with Gasteiger partial charge < -0.3 is 5.73 Å². The lowest BCUT2D eigenvalue weighted by Gasteiger charge is -2.22. The number of hydrogen-bond donors (Lipinski definition) is 1. The summed E-state index contributed by atoms with van der Waals surface area (Å²) < 4.78 is 13.1. The first kappa shape index (κ1) is 13.5. The van der Waals surface area contributed by atoms with Crippen molar-refractivity contribution in [2.45, 2.75) is 19.3 Å². The lowest BCUT2D eigenvalue weighted by atomic mass is 9.87. The predicted octanol–water partition coefficient (Wildman–Crippen LogP) is 3.00. The average Bonchev–Trinajstić information content (AvgIpc) is 2.46. The van der Waals surface area contributed by atoms with Crippen LogP contribution in [0, 0.1) is 11.7 Å². The van der Waals surface area contributed by atoms with Crippen LogP contribution in [0.15, 0.2) is 24.4 Å². The van der Waals surface area contributed by atoms with Crippen molar-refractivity contribution >= 4 is 11.6 Å². The molecule has 1 atom stereocenters. The minimum Gasteiger partial charge on any atom is -0.330 e. The number of aromatic nitrogens is 2. The molecule has 104 valence electrons. The molecule has 1 heterocycles. The number of halogens is 2. The maximum Gasteiger partial charge on any atom is 0.160 e. The minimum atomic E-state index is -0.359. The van der Waals surface area contributed by atoms with Gasteiger partial charge in [-0.05, 0) is 55.5 Å². The highest BCUT2D eigenvalue weighted by molar-refractivity contribution is 6.33. The molecule has 0 saturated heterocycles. The Bertz CT molecular complexity index is 645. The highest BCUT2D eigenvalue weighted by Gasteiger charge is 2.20. The Hall–Kier alpha value is -1.52. The van der Waals surface area contributed by atoms with Crippen LogP contribution in [0.3, 0.4) is 0 Å². The highest BCUT2D eigenvalue weighted by atomic mass is 35.5. The molecular formula is C15H15ClFN3. The Morgan fingerprint density at radius 1 is 1.40 bits per heavy atom. The fraction of sp³-hybridized carbons (Fsp3) is 0.333. The van der Waals surface area contributed by atoms with Crippen LogP contribution in [0.1, 0.15) is 17.7 Å². The van der Waals surface area contributed by atoms with Crippen LogP contribution < -0.4 is 5.73 Å². The summed E-state index contributed by atoms with van der Waals surface area (Å²) in [6.45, 7) is 0.699. The van der Waals surface area contributed by atoms with Crippen molar-refractivity contribution in [2.24, 2.45) is 11.7 Å². The normalized spacial score (nSPS) is 17.9. The van der Waals surface area contributed by atoms with E-state index < -0.39 is 0 Å². The van der Waals surface area contributed by atoms with Crippen LogP contribution in [0.4, 0.5) is 4.39 Å². The van der Waals surface area contributed by atoms with Crippen LogP contribution in [-0.2, 0) is 12.8 Å². The van der Waals surface area contributed by atoms with Gasteiger partial charge in [-0.25, -0.2) is 14.4 Å². The first-order valence-electron chi connectivity index (χ1n) is 6.67. The second-order valence-electron chi connectivity index (χ2n) is 5.13. The molecule has 1 aromatic carbocycles. The molecule has 3 rings (SSSR count). The average molecular weight is 292 g/mol. The van der Waals surface area contributed by atoms with Gasteiger partial charge in [0.2, 0.25) is 0 Å². The fourth-order valence-corrected chi connectivity index (χ4v) is 2.84. The summed E-state index contributed by atoms with van der Waals surface area (Å²) in [6, 6.07) is 4.27. The number of aryl methyl sites for hydroxylation is 1. The van der Waals surface area contributed by atoms with E-state index in [0.29, 0.717) is 28.9 Å². The summed E-state index contributed by atoms with van der Waals surface area (Å²) in [5, 5.41) is 0.334. The second-order valence-corrected chi connectivity index (χ2v) is 5.54. The topological polar surface area (TPSA) is 51.8 Å². The van der Waals surface area contributed by atoms with Crippen LogP contribution in [-0.4, -0.2) is 16.5 Å². The molecule has 20 heavy (non-hydrogen) atoms. The zero-order valence-electron chi connectivity index (χ0n) is 10.9. The predicted molar refractivity (Wildman–Crippen MR) is 77.0 cm³/mol. The third-order valence-corrected chi connectivity index (χ3v) is 4.07. The molecule has 1 aliphatic rings. The van der Waals surface area contributed by atoms with Gasteiger partial charge in [-0.15, -0.1) is 0 Å². The van der Waals surface area contributed by atoms with Crippen LogP contribution in [0.25, 0.3) is 11.4 Å². The Labute approximate surface area is 122 Å². The molecule has 0 saturated carbocycles. The monoisotopic (exact) mass is 291 g/mol. The van der Waals surface area contributed by atoms with Gasteiger partial charge in [-0.1, -0.05) is 11.6 Å². The number of rotatable bonds is 2. The highest BCUT2D eigenvalue weighted by Crippen LogP contribution is 2.29. The van der Waals surface area contributed by atoms with Gasteiger partial charge in [0.25, 0.3) is 0 Å². The van der Waals surface area contributed by atoms with Crippen LogP contribution >= 0.6 is 11.6 Å². The maximum absolute atomic E-state index is 13.1. The molecule has 0 bridgehead atoms. The molecule has 0 amide bonds. The standard InChI is InChI=1S/C15H15ClFN3/c16-13-6-11(17)2-3-12(13)15-19-8-10-5-9(7-18)1-4-14(10)20-15/h2-3,6,8-9H,1,4-5,7,18H2. The largest absolute Gasteiger partial charge is 0.330 e. The van der Waals surface area contributed by atoms with Crippen molar-refractivity contribution in [3.8, 4) is 11.4 Å². The quantitative estimate of drug-likeness (QED) is 0.925. The molecule has 1 aromatic heterocycles. The third kappa shape index (κ3) is 2.53. The zero-order chi connectivity index (χ0) is 14.1. The van der Waals surface area contributed by atoms with Crippen molar-refractivity contribution in [1.82, 2.24) is 9.97 Å². The molecule has 0 radical (unpaired) electrons. The van der Waals surface area contributed by atoms with Gasteiger partial charge in [0.1, 0.15) is 5.82 Å². The van der Waals surface area contributed by atoms with Gasteiger partial charge in [0, 0.05) is 17.5 Å². The summed E-state index contributed by atoms with van der Waals surface area (Å²) in [7, 11) is 0. The van der Waals surface area contributed by atoms with E-state index in [1.54, 1.807) is 6.07 Å². The molecule has 1 aliphatic carbocycles. The van der Waals surface area contributed by atoms with Crippen molar-refractivity contribution in [3.63, 3.8) is 0 Å². The second kappa shape index (κ2) is 5.46. The Morgan fingerprint density at radius 2 is 2.25 bits per heavy atom. The van der Waals surface area contributed by atoms with Crippen molar-refractivity contribution in [2.75, 3.05) is 6.54 Å². The molecule has 5 heteroatoms. The maximum atomic E-state index is 13.1. The van der Waals surface area contributed by atoms with Gasteiger partial charge in [0.05, 0.1) is 5.02 Å². The summed E-state index contributed by atoms with van der Waals surface area (Å²) in [6.07, 6.45) is 4.74. The molecule has 0 aliphatic heterocycles. The van der Waals surface area contributed by atoms with Gasteiger partial charge in [-0.3, -0.25) is 0 Å². The minimum absolute atomic E-state index is 0.334. The first-order chi connectivity index (χ1) is 9.67. The zero-order valence-corrected chi connectivity index (χ0v) is 11.7. The number of nitrogens with zero attached hydrogens (tertiary/aromatic N) is 2. The van der Waals surface area contributed by atoms with E-state index in [9.17, 15) is 4.39 Å². The number of hydrogen-bond acceptors (Lipinski definition) is 3. The fourth-order valence-electron chi connectivity index (χ4n) is 2.58. The molecule has 3 nitrogen and oxygen atoms in total. The van der Waals surface area contributed by atoms with E-state index in [1.165, 1.54) is 12.1 Å². The number of fused-ring (bicyclic) bond motifs is 1. The lowest BCUT2D eigenvalue weighted by molar-refractivity contribution is 0.462. The first-order valence-corrected chi connectivity index (χ1v) is 7.05. The summed E-state index contributed by atoms with van der Waals surface area (Å²) in [5.74, 6) is 0.716. The van der Waals surface area contributed by atoms with Gasteiger partial charge in [0.15, 0.2) is 5.82 Å². The Kier molecular flexibility index (Phi) is 3.68. The third-order valence-electron chi connectivity index (χ3n) is 3.76. The van der Waals surface area contributed by atoms with Crippen molar-refractivity contribution in [1.29, 1.82) is 0 Å².